The fourth-order valence-corrected chi connectivity index (χ4v) is 7.28. The first-order valence-corrected chi connectivity index (χ1v) is 20.4. The van der Waals surface area contributed by atoms with E-state index in [1.54, 1.807) is 0 Å². The van der Waals surface area contributed by atoms with E-state index >= 15 is 0 Å². The van der Waals surface area contributed by atoms with Crippen LogP contribution in [0.4, 0.5) is 4.79 Å². The smallest absolute Gasteiger partial charge is 0.315 e. The van der Waals surface area contributed by atoms with Crippen LogP contribution in [0.25, 0.3) is 11.1 Å². The van der Waals surface area contributed by atoms with Crippen LogP contribution < -0.4 is 10.6 Å². The van der Waals surface area contributed by atoms with Crippen LogP contribution in [0.15, 0.2) is 72.8 Å². The van der Waals surface area contributed by atoms with Crippen LogP contribution in [0.5, 0.6) is 0 Å². The Bertz CT molecular complexity index is 1400. The van der Waals surface area contributed by atoms with Crippen molar-refractivity contribution >= 4 is 6.03 Å². The van der Waals surface area contributed by atoms with Gasteiger partial charge in [0.25, 0.3) is 0 Å². The molecular formula is C45H67N3O4. The van der Waals surface area contributed by atoms with Crippen LogP contribution in [0.1, 0.15) is 139 Å². The van der Waals surface area contributed by atoms with Crippen LogP contribution in [0.2, 0.25) is 0 Å². The van der Waals surface area contributed by atoms with Crippen molar-refractivity contribution in [1.82, 2.24) is 15.5 Å². The normalized spacial score (nSPS) is 18.8. The van der Waals surface area contributed by atoms with Crippen LogP contribution in [-0.2, 0) is 22.6 Å². The van der Waals surface area contributed by atoms with E-state index in [4.69, 9.17) is 9.47 Å². The maximum absolute atomic E-state index is 12.1. The van der Waals surface area contributed by atoms with Gasteiger partial charge >= 0.3 is 6.03 Å². The van der Waals surface area contributed by atoms with Gasteiger partial charge in [0.2, 0.25) is 0 Å². The molecule has 0 bridgehead atoms. The summed E-state index contributed by atoms with van der Waals surface area (Å²) in [6.07, 6.45) is 14.9. The van der Waals surface area contributed by atoms with Crippen LogP contribution in [-0.4, -0.2) is 48.3 Å². The van der Waals surface area contributed by atoms with E-state index < -0.39 is 6.29 Å². The summed E-state index contributed by atoms with van der Waals surface area (Å²) >= 11 is 0. The summed E-state index contributed by atoms with van der Waals surface area (Å²) in [5.74, 6) is 0.149. The molecule has 2 amide bonds. The van der Waals surface area contributed by atoms with Crippen molar-refractivity contribution in [2.24, 2.45) is 5.92 Å². The second kappa shape index (κ2) is 23.4. The monoisotopic (exact) mass is 714 g/mol. The van der Waals surface area contributed by atoms with E-state index in [-0.39, 0.29) is 30.8 Å². The summed E-state index contributed by atoms with van der Waals surface area (Å²) in [6, 6.07) is 24.8. The first kappa shape index (κ1) is 41.5. The summed E-state index contributed by atoms with van der Waals surface area (Å²) < 4.78 is 13.8. The molecule has 1 saturated heterocycles. The van der Waals surface area contributed by atoms with Crippen molar-refractivity contribution in [2.45, 2.75) is 136 Å². The highest BCUT2D eigenvalue weighted by Crippen LogP contribution is 2.42. The third kappa shape index (κ3) is 13.3. The largest absolute Gasteiger partial charge is 0.392 e. The molecule has 0 radical (unpaired) electrons. The van der Waals surface area contributed by atoms with Gasteiger partial charge in [-0.25, -0.2) is 4.79 Å². The Morgan fingerprint density at radius 2 is 1.31 bits per heavy atom. The number of nitrogens with one attached hydrogen (secondary N) is 2. The molecule has 1 aliphatic heterocycles. The highest BCUT2D eigenvalue weighted by atomic mass is 16.7. The zero-order chi connectivity index (χ0) is 37.0. The summed E-state index contributed by atoms with van der Waals surface area (Å²) in [5.41, 5.74) is 6.24. The molecule has 52 heavy (non-hydrogen) atoms. The Balaban J connectivity index is 1.53. The van der Waals surface area contributed by atoms with E-state index in [2.05, 4.69) is 84.8 Å². The number of aliphatic hydroxyl groups is 1. The van der Waals surface area contributed by atoms with Crippen LogP contribution >= 0.6 is 0 Å². The van der Waals surface area contributed by atoms with Gasteiger partial charge < -0.3 is 30.1 Å². The first-order valence-electron chi connectivity index (χ1n) is 20.4. The van der Waals surface area contributed by atoms with E-state index in [0.29, 0.717) is 13.1 Å². The van der Waals surface area contributed by atoms with Gasteiger partial charge in [0.1, 0.15) is 0 Å². The highest BCUT2D eigenvalue weighted by molar-refractivity contribution is 5.74. The Labute approximate surface area is 314 Å². The Morgan fingerprint density at radius 3 is 1.92 bits per heavy atom. The topological polar surface area (TPSA) is 83.1 Å². The van der Waals surface area contributed by atoms with E-state index in [1.807, 2.05) is 31.2 Å². The molecule has 4 atom stereocenters. The number of urea groups is 1. The van der Waals surface area contributed by atoms with Gasteiger partial charge in [-0.05, 0) is 60.7 Å². The number of rotatable bonds is 23. The molecule has 0 aliphatic carbocycles. The third-order valence-electron chi connectivity index (χ3n) is 10.5. The second-order valence-corrected chi connectivity index (χ2v) is 14.7. The molecule has 3 aromatic carbocycles. The van der Waals surface area contributed by atoms with Crippen LogP contribution in [0.3, 0.4) is 0 Å². The fraction of sp³-hybridized carbons (Fsp3) is 0.578. The van der Waals surface area contributed by atoms with Gasteiger partial charge in [0.15, 0.2) is 6.29 Å². The molecule has 0 spiro atoms. The van der Waals surface area contributed by atoms with Gasteiger partial charge in [0.05, 0.1) is 18.8 Å². The van der Waals surface area contributed by atoms with Crippen molar-refractivity contribution < 1.29 is 19.4 Å². The number of ether oxygens (including phenoxy) is 2. The summed E-state index contributed by atoms with van der Waals surface area (Å²) in [7, 11) is 0. The van der Waals surface area contributed by atoms with Gasteiger partial charge in [0, 0.05) is 31.1 Å². The van der Waals surface area contributed by atoms with Gasteiger partial charge in [-0.1, -0.05) is 158 Å². The lowest BCUT2D eigenvalue weighted by molar-refractivity contribution is -0.276. The highest BCUT2D eigenvalue weighted by Gasteiger charge is 2.39. The Morgan fingerprint density at radius 1 is 0.712 bits per heavy atom. The number of aliphatic hydroxyl groups excluding tert-OH is 1. The van der Waals surface area contributed by atoms with Crippen molar-refractivity contribution in [2.75, 3.05) is 26.2 Å². The predicted octanol–water partition coefficient (Wildman–Crippen LogP) is 10.5. The van der Waals surface area contributed by atoms with Crippen molar-refractivity contribution in [1.29, 1.82) is 0 Å². The minimum absolute atomic E-state index is 0.00203. The average molecular weight is 714 g/mol. The molecular weight excluding hydrogens is 647 g/mol. The van der Waals surface area contributed by atoms with E-state index in [9.17, 15) is 9.90 Å². The SMILES string of the molecule is CCCCCCCCN(CCCCCCCC)C[C@@H]1O[C@H](c2ccc(-c3ccccc3CNC(=O)NCC)cc2)O[C@H](c2ccc(CO)cc2)[C@@H]1C. The average Bonchev–Trinajstić information content (AvgIpc) is 3.17. The molecule has 0 aromatic heterocycles. The first-order chi connectivity index (χ1) is 25.5. The number of nitrogens with zero attached hydrogens (tertiary/aromatic N) is 1. The minimum atomic E-state index is -0.502. The molecule has 0 unspecified atom stereocenters. The Kier molecular flexibility index (Phi) is 18.7. The number of carbonyl (C=O) groups excluding carboxylic acids is 1. The zero-order valence-electron chi connectivity index (χ0n) is 32.6. The Hall–Kier alpha value is -3.23. The fourth-order valence-electron chi connectivity index (χ4n) is 7.28. The molecule has 7 nitrogen and oxygen atoms in total. The molecule has 1 aliphatic rings. The summed E-state index contributed by atoms with van der Waals surface area (Å²) in [6.45, 7) is 12.9. The predicted molar refractivity (Wildman–Crippen MR) is 214 cm³/mol. The van der Waals surface area contributed by atoms with Crippen LogP contribution in [0, 0.1) is 5.92 Å². The van der Waals surface area contributed by atoms with Crippen molar-refractivity contribution in [3.8, 4) is 11.1 Å². The molecule has 4 rings (SSSR count). The molecule has 7 heteroatoms. The van der Waals surface area contributed by atoms with E-state index in [0.717, 1.165) is 53.0 Å². The molecule has 1 fully saturated rings. The number of hydrogen-bond acceptors (Lipinski definition) is 5. The molecule has 3 aromatic rings. The standard InChI is InChI=1S/C45H67N3O4/c1-5-8-10-12-14-18-30-48(31-19-15-13-11-9-6-2)33-42-35(4)43(38-24-22-36(34-49)23-25-38)52-44(51-42)39-28-26-37(27-29-39)41-21-17-16-20-40(41)32-47-45(50)46-7-3/h16-17,20-29,35,42-44,49H,5-15,18-19,30-34H2,1-4H3,(H2,46,47,50)/t35-,42+,43+,44+/m1/s1. The molecule has 286 valence electrons. The second-order valence-electron chi connectivity index (χ2n) is 14.7. The summed E-state index contributed by atoms with van der Waals surface area (Å²) in [5, 5.41) is 15.5. The maximum atomic E-state index is 12.1. The van der Waals surface area contributed by atoms with E-state index in [1.165, 1.54) is 77.0 Å². The number of amides is 2. The quantitative estimate of drug-likeness (QED) is 0.0852. The molecule has 1 heterocycles. The maximum Gasteiger partial charge on any atom is 0.315 e. The zero-order valence-corrected chi connectivity index (χ0v) is 32.6. The summed E-state index contributed by atoms with van der Waals surface area (Å²) in [4.78, 5) is 14.8. The third-order valence-corrected chi connectivity index (χ3v) is 10.5. The number of carbonyl (C=O) groups is 1. The van der Waals surface area contributed by atoms with Crippen molar-refractivity contribution in [3.63, 3.8) is 0 Å². The van der Waals surface area contributed by atoms with Gasteiger partial charge in [-0.15, -0.1) is 0 Å². The molecule has 0 saturated carbocycles. The lowest BCUT2D eigenvalue weighted by Crippen LogP contribution is -2.45. The van der Waals surface area contributed by atoms with Gasteiger partial charge in [-0.3, -0.25) is 0 Å². The minimum Gasteiger partial charge on any atom is -0.392 e. The number of unbranched alkanes of at least 4 members (excludes halogenated alkanes) is 10. The lowest BCUT2D eigenvalue weighted by atomic mass is 9.89. The number of benzene rings is 3. The van der Waals surface area contributed by atoms with Gasteiger partial charge in [-0.2, -0.15) is 0 Å². The number of hydrogen-bond donors (Lipinski definition) is 3. The van der Waals surface area contributed by atoms with Crippen molar-refractivity contribution in [3.05, 3.63) is 95.1 Å². The lowest BCUT2D eigenvalue weighted by Gasteiger charge is -2.43. The molecule has 3 N–H and O–H groups in total.